The second-order valence-corrected chi connectivity index (χ2v) is 5.74. The van der Waals surface area contributed by atoms with Crippen molar-refractivity contribution in [3.63, 3.8) is 0 Å². The molecule has 5 nitrogen and oxygen atoms in total. The third-order valence-corrected chi connectivity index (χ3v) is 4.18. The molecule has 1 heterocycles. The SMILES string of the molecule is Nc1c(CC(=O)N2CCOCC2)cccc1C(=O)c1ccccc1. The Morgan fingerprint density at radius 3 is 2.42 bits per heavy atom. The number of para-hydroxylation sites is 1. The van der Waals surface area contributed by atoms with E-state index in [0.717, 1.165) is 0 Å². The molecule has 1 saturated heterocycles. The van der Waals surface area contributed by atoms with Crippen molar-refractivity contribution in [1.29, 1.82) is 0 Å². The summed E-state index contributed by atoms with van der Waals surface area (Å²) in [6, 6.07) is 14.3. The Morgan fingerprint density at radius 1 is 1.00 bits per heavy atom. The summed E-state index contributed by atoms with van der Waals surface area (Å²) in [6.45, 7) is 2.32. The smallest absolute Gasteiger partial charge is 0.227 e. The number of morpholine rings is 1. The molecule has 2 aromatic rings. The van der Waals surface area contributed by atoms with Gasteiger partial charge in [-0.2, -0.15) is 0 Å². The number of nitrogens with zero attached hydrogens (tertiary/aromatic N) is 1. The van der Waals surface area contributed by atoms with Gasteiger partial charge >= 0.3 is 0 Å². The first-order chi connectivity index (χ1) is 11.7. The minimum absolute atomic E-state index is 0.00862. The van der Waals surface area contributed by atoms with Crippen LogP contribution in [0.4, 0.5) is 5.69 Å². The van der Waals surface area contributed by atoms with E-state index in [1.807, 2.05) is 18.2 Å². The predicted octanol–water partition coefficient (Wildman–Crippen LogP) is 1.90. The highest BCUT2D eigenvalue weighted by atomic mass is 16.5. The molecule has 5 heteroatoms. The summed E-state index contributed by atoms with van der Waals surface area (Å²) in [6.07, 6.45) is 0.196. The Hall–Kier alpha value is -2.66. The van der Waals surface area contributed by atoms with Crippen molar-refractivity contribution < 1.29 is 14.3 Å². The van der Waals surface area contributed by atoms with Crippen molar-refractivity contribution in [2.45, 2.75) is 6.42 Å². The monoisotopic (exact) mass is 324 g/mol. The average Bonchev–Trinajstić information content (AvgIpc) is 2.64. The van der Waals surface area contributed by atoms with Gasteiger partial charge in [0.25, 0.3) is 0 Å². The van der Waals surface area contributed by atoms with E-state index in [2.05, 4.69) is 0 Å². The molecule has 1 aliphatic rings. The van der Waals surface area contributed by atoms with Crippen LogP contribution in [0.25, 0.3) is 0 Å². The molecule has 0 radical (unpaired) electrons. The van der Waals surface area contributed by atoms with Gasteiger partial charge in [0.2, 0.25) is 5.91 Å². The van der Waals surface area contributed by atoms with Crippen LogP contribution in [0.2, 0.25) is 0 Å². The number of nitrogens with two attached hydrogens (primary N) is 1. The molecule has 0 saturated carbocycles. The largest absolute Gasteiger partial charge is 0.398 e. The minimum atomic E-state index is -0.131. The molecule has 0 aromatic heterocycles. The number of anilines is 1. The first-order valence-electron chi connectivity index (χ1n) is 7.99. The summed E-state index contributed by atoms with van der Waals surface area (Å²) in [7, 11) is 0. The summed E-state index contributed by atoms with van der Waals surface area (Å²) in [5.41, 5.74) is 8.28. The van der Waals surface area contributed by atoms with E-state index in [0.29, 0.717) is 48.7 Å². The van der Waals surface area contributed by atoms with Crippen LogP contribution in [-0.4, -0.2) is 42.9 Å². The molecule has 2 N–H and O–H groups in total. The number of carbonyl (C=O) groups excluding carboxylic acids is 2. The second kappa shape index (κ2) is 7.27. The molecule has 0 bridgehead atoms. The van der Waals surface area contributed by atoms with Gasteiger partial charge in [-0.1, -0.05) is 42.5 Å². The van der Waals surface area contributed by atoms with Gasteiger partial charge in [-0.15, -0.1) is 0 Å². The zero-order chi connectivity index (χ0) is 16.9. The lowest BCUT2D eigenvalue weighted by Crippen LogP contribution is -2.41. The van der Waals surface area contributed by atoms with E-state index >= 15 is 0 Å². The van der Waals surface area contributed by atoms with E-state index < -0.39 is 0 Å². The van der Waals surface area contributed by atoms with Crippen LogP contribution in [0.3, 0.4) is 0 Å². The molecule has 0 unspecified atom stereocenters. The van der Waals surface area contributed by atoms with Crippen molar-refractivity contribution >= 4 is 17.4 Å². The predicted molar refractivity (Wildman–Crippen MR) is 91.8 cm³/mol. The number of carbonyl (C=O) groups is 2. The second-order valence-electron chi connectivity index (χ2n) is 5.74. The zero-order valence-corrected chi connectivity index (χ0v) is 13.4. The van der Waals surface area contributed by atoms with Crippen molar-refractivity contribution in [2.24, 2.45) is 0 Å². The molecular weight excluding hydrogens is 304 g/mol. The van der Waals surface area contributed by atoms with E-state index in [4.69, 9.17) is 10.5 Å². The van der Waals surface area contributed by atoms with Gasteiger partial charge in [-0.3, -0.25) is 9.59 Å². The third kappa shape index (κ3) is 3.46. The molecule has 3 rings (SSSR count). The molecule has 24 heavy (non-hydrogen) atoms. The average molecular weight is 324 g/mol. The lowest BCUT2D eigenvalue weighted by molar-refractivity contribution is -0.134. The topological polar surface area (TPSA) is 72.6 Å². The van der Waals surface area contributed by atoms with Crippen LogP contribution in [0.15, 0.2) is 48.5 Å². The number of rotatable bonds is 4. The van der Waals surface area contributed by atoms with E-state index in [9.17, 15) is 9.59 Å². The summed E-state index contributed by atoms with van der Waals surface area (Å²) < 4.78 is 5.26. The van der Waals surface area contributed by atoms with Crippen LogP contribution in [0.1, 0.15) is 21.5 Å². The minimum Gasteiger partial charge on any atom is -0.398 e. The molecule has 1 fully saturated rings. The van der Waals surface area contributed by atoms with Crippen molar-refractivity contribution in [2.75, 3.05) is 32.0 Å². The van der Waals surface area contributed by atoms with Crippen LogP contribution in [0.5, 0.6) is 0 Å². The van der Waals surface area contributed by atoms with Gasteiger partial charge in [0.15, 0.2) is 5.78 Å². The van der Waals surface area contributed by atoms with Gasteiger partial charge in [-0.25, -0.2) is 0 Å². The fraction of sp³-hybridized carbons (Fsp3) is 0.263. The number of ketones is 1. The Balaban J connectivity index is 1.80. The normalized spacial score (nSPS) is 14.4. The van der Waals surface area contributed by atoms with Crippen LogP contribution < -0.4 is 5.73 Å². The number of amides is 1. The van der Waals surface area contributed by atoms with Crippen molar-refractivity contribution in [3.8, 4) is 0 Å². The Bertz CT molecular complexity index is 738. The standard InChI is InChI=1S/C19H20N2O3/c20-18-15(13-17(22)21-9-11-24-12-10-21)7-4-8-16(18)19(23)14-5-2-1-3-6-14/h1-8H,9-13,20H2. The first kappa shape index (κ1) is 16.2. The molecule has 1 aliphatic heterocycles. The van der Waals surface area contributed by atoms with Crippen LogP contribution in [0, 0.1) is 0 Å². The fourth-order valence-electron chi connectivity index (χ4n) is 2.80. The maximum Gasteiger partial charge on any atom is 0.227 e. The zero-order valence-electron chi connectivity index (χ0n) is 13.4. The first-order valence-corrected chi connectivity index (χ1v) is 7.99. The number of hydrogen-bond acceptors (Lipinski definition) is 4. The maximum absolute atomic E-state index is 12.6. The lowest BCUT2D eigenvalue weighted by atomic mass is 9.97. The van der Waals surface area contributed by atoms with Gasteiger partial charge in [0, 0.05) is 29.9 Å². The Labute approximate surface area is 141 Å². The molecular formula is C19H20N2O3. The van der Waals surface area contributed by atoms with E-state index in [-0.39, 0.29) is 18.1 Å². The molecule has 0 aliphatic carbocycles. The fourth-order valence-corrected chi connectivity index (χ4v) is 2.80. The summed E-state index contributed by atoms with van der Waals surface area (Å²) >= 11 is 0. The molecule has 0 atom stereocenters. The Kier molecular flexibility index (Phi) is 4.91. The maximum atomic E-state index is 12.6. The van der Waals surface area contributed by atoms with E-state index in [1.54, 1.807) is 35.2 Å². The number of nitrogen functional groups attached to an aromatic ring is 1. The highest BCUT2D eigenvalue weighted by Gasteiger charge is 2.20. The van der Waals surface area contributed by atoms with Gasteiger partial charge < -0.3 is 15.4 Å². The molecule has 1 amide bonds. The number of hydrogen-bond donors (Lipinski definition) is 1. The van der Waals surface area contributed by atoms with E-state index in [1.165, 1.54) is 0 Å². The quantitative estimate of drug-likeness (QED) is 0.689. The van der Waals surface area contributed by atoms with Crippen molar-refractivity contribution in [1.82, 2.24) is 4.90 Å². The highest BCUT2D eigenvalue weighted by Crippen LogP contribution is 2.22. The molecule has 2 aromatic carbocycles. The Morgan fingerprint density at radius 2 is 1.71 bits per heavy atom. The van der Waals surface area contributed by atoms with Crippen LogP contribution in [-0.2, 0) is 16.0 Å². The molecule has 0 spiro atoms. The van der Waals surface area contributed by atoms with Gasteiger partial charge in [0.1, 0.15) is 0 Å². The summed E-state index contributed by atoms with van der Waals surface area (Å²) in [5, 5.41) is 0. The number of benzene rings is 2. The van der Waals surface area contributed by atoms with Gasteiger partial charge in [-0.05, 0) is 11.6 Å². The molecule has 124 valence electrons. The van der Waals surface area contributed by atoms with Crippen molar-refractivity contribution in [3.05, 3.63) is 65.2 Å². The number of ether oxygens (including phenoxy) is 1. The lowest BCUT2D eigenvalue weighted by Gasteiger charge is -2.27. The van der Waals surface area contributed by atoms with Crippen LogP contribution >= 0.6 is 0 Å². The summed E-state index contributed by atoms with van der Waals surface area (Å²) in [5.74, 6) is -0.122. The highest BCUT2D eigenvalue weighted by molar-refractivity contribution is 6.12. The summed E-state index contributed by atoms with van der Waals surface area (Å²) in [4.78, 5) is 26.8. The van der Waals surface area contributed by atoms with Gasteiger partial charge in [0.05, 0.1) is 19.6 Å². The third-order valence-electron chi connectivity index (χ3n) is 4.18.